The Morgan fingerprint density at radius 2 is 1.94 bits per heavy atom. The minimum absolute atomic E-state index is 0.106. The molecular weight excluding hydrogens is 396 g/mol. The second-order valence-electron chi connectivity index (χ2n) is 7.34. The molecule has 0 unspecified atom stereocenters. The Morgan fingerprint density at radius 3 is 2.65 bits per heavy atom. The zero-order valence-electron chi connectivity index (χ0n) is 17.7. The second kappa shape index (κ2) is 9.51. The molecule has 0 aliphatic carbocycles. The van der Waals surface area contributed by atoms with E-state index in [1.54, 1.807) is 7.11 Å². The molecule has 3 aromatic rings. The summed E-state index contributed by atoms with van der Waals surface area (Å²) in [5.41, 5.74) is 1.59. The van der Waals surface area contributed by atoms with Crippen LogP contribution in [0.3, 0.4) is 0 Å². The van der Waals surface area contributed by atoms with Gasteiger partial charge in [0, 0.05) is 30.3 Å². The highest BCUT2D eigenvalue weighted by molar-refractivity contribution is 5.89. The van der Waals surface area contributed by atoms with Crippen molar-refractivity contribution in [1.29, 1.82) is 0 Å². The first-order chi connectivity index (χ1) is 15.2. The van der Waals surface area contributed by atoms with Gasteiger partial charge in [0.05, 0.1) is 13.7 Å². The minimum atomic E-state index is -0.106. The Bertz CT molecular complexity index is 1010. The van der Waals surface area contributed by atoms with Crippen LogP contribution in [0.1, 0.15) is 31.6 Å². The molecule has 2 aromatic carbocycles. The summed E-state index contributed by atoms with van der Waals surface area (Å²) in [7, 11) is 1.63. The Hall–Kier alpha value is -3.55. The second-order valence-corrected chi connectivity index (χ2v) is 7.34. The lowest BCUT2D eigenvalue weighted by Gasteiger charge is -2.30. The fourth-order valence-corrected chi connectivity index (χ4v) is 3.61. The maximum absolute atomic E-state index is 12.6. The first kappa shape index (κ1) is 20.7. The number of methoxy groups -OCH3 is 1. The molecule has 8 heteroatoms. The van der Waals surface area contributed by atoms with Gasteiger partial charge < -0.3 is 24.2 Å². The number of nitrogens with one attached hydrogen (secondary N) is 1. The molecule has 162 valence electrons. The van der Waals surface area contributed by atoms with Crippen molar-refractivity contribution in [3.63, 3.8) is 0 Å². The van der Waals surface area contributed by atoms with Crippen LogP contribution < -0.4 is 14.8 Å². The van der Waals surface area contributed by atoms with E-state index in [1.807, 2.05) is 60.4 Å². The molecule has 1 saturated heterocycles. The summed E-state index contributed by atoms with van der Waals surface area (Å²) in [6.07, 6.45) is 1.55. The number of benzene rings is 2. The number of nitrogens with zero attached hydrogens (tertiary/aromatic N) is 3. The Labute approximate surface area is 181 Å². The van der Waals surface area contributed by atoms with Gasteiger partial charge in [0.2, 0.25) is 11.7 Å². The van der Waals surface area contributed by atoms with Crippen LogP contribution in [-0.2, 0) is 0 Å². The smallest absolute Gasteiger partial charge is 0.321 e. The summed E-state index contributed by atoms with van der Waals surface area (Å²) in [5.74, 6) is 2.83. The van der Waals surface area contributed by atoms with E-state index in [9.17, 15) is 4.79 Å². The van der Waals surface area contributed by atoms with Crippen molar-refractivity contribution in [2.24, 2.45) is 0 Å². The third-order valence-electron chi connectivity index (χ3n) is 5.32. The van der Waals surface area contributed by atoms with Crippen molar-refractivity contribution in [3.8, 4) is 22.9 Å². The molecule has 1 N–H and O–H groups in total. The number of carbonyl (C=O) groups is 1. The highest BCUT2D eigenvalue weighted by Gasteiger charge is 2.27. The standard InChI is InChI=1S/C23H26N4O4/c1-3-30-19-9-7-18(8-10-19)24-23(28)27-13-11-16(12-14-27)22-25-21(26-31-22)17-5-4-6-20(15-17)29-2/h4-10,15-16H,3,11-14H2,1-2H3,(H,24,28). The average molecular weight is 422 g/mol. The van der Waals surface area contributed by atoms with E-state index >= 15 is 0 Å². The summed E-state index contributed by atoms with van der Waals surface area (Å²) in [6, 6.07) is 14.8. The summed E-state index contributed by atoms with van der Waals surface area (Å²) >= 11 is 0. The molecule has 1 fully saturated rings. The number of ether oxygens (including phenoxy) is 2. The molecule has 0 saturated carbocycles. The van der Waals surface area contributed by atoms with Gasteiger partial charge in [-0.2, -0.15) is 4.98 Å². The largest absolute Gasteiger partial charge is 0.497 e. The van der Waals surface area contributed by atoms with E-state index in [0.717, 1.165) is 35.6 Å². The van der Waals surface area contributed by atoms with Gasteiger partial charge in [0.25, 0.3) is 0 Å². The topological polar surface area (TPSA) is 89.7 Å². The van der Waals surface area contributed by atoms with E-state index in [4.69, 9.17) is 14.0 Å². The Kier molecular flexibility index (Phi) is 6.35. The third kappa shape index (κ3) is 4.96. The summed E-state index contributed by atoms with van der Waals surface area (Å²) < 4.78 is 16.2. The number of hydrogen-bond acceptors (Lipinski definition) is 6. The van der Waals surface area contributed by atoms with Crippen LogP contribution in [0.5, 0.6) is 11.5 Å². The van der Waals surface area contributed by atoms with Gasteiger partial charge in [-0.3, -0.25) is 0 Å². The zero-order valence-corrected chi connectivity index (χ0v) is 17.7. The maximum atomic E-state index is 12.6. The fourth-order valence-electron chi connectivity index (χ4n) is 3.61. The van der Waals surface area contributed by atoms with Crippen molar-refractivity contribution in [3.05, 3.63) is 54.4 Å². The van der Waals surface area contributed by atoms with Crippen LogP contribution in [0.15, 0.2) is 53.1 Å². The Balaban J connectivity index is 1.32. The third-order valence-corrected chi connectivity index (χ3v) is 5.32. The van der Waals surface area contributed by atoms with Gasteiger partial charge >= 0.3 is 6.03 Å². The predicted molar refractivity (Wildman–Crippen MR) is 116 cm³/mol. The van der Waals surface area contributed by atoms with Gasteiger partial charge in [0.15, 0.2) is 0 Å². The SMILES string of the molecule is CCOc1ccc(NC(=O)N2CCC(c3nc(-c4cccc(OC)c4)no3)CC2)cc1. The molecule has 0 atom stereocenters. The van der Waals surface area contributed by atoms with Gasteiger partial charge in [-0.1, -0.05) is 17.3 Å². The van der Waals surface area contributed by atoms with Gasteiger partial charge in [0.1, 0.15) is 11.5 Å². The molecule has 0 spiro atoms. The number of amides is 2. The van der Waals surface area contributed by atoms with Crippen LogP contribution in [0.25, 0.3) is 11.4 Å². The molecular formula is C23H26N4O4. The van der Waals surface area contributed by atoms with Crippen LogP contribution in [-0.4, -0.2) is 47.9 Å². The van der Waals surface area contributed by atoms with E-state index in [1.165, 1.54) is 0 Å². The molecule has 2 amide bonds. The average Bonchev–Trinajstić information content (AvgIpc) is 3.31. The van der Waals surface area contributed by atoms with Crippen molar-refractivity contribution < 1.29 is 18.8 Å². The van der Waals surface area contributed by atoms with Crippen molar-refractivity contribution in [2.75, 3.05) is 32.1 Å². The van der Waals surface area contributed by atoms with E-state index in [2.05, 4.69) is 15.5 Å². The number of rotatable bonds is 6. The number of likely N-dealkylation sites (tertiary alicyclic amines) is 1. The van der Waals surface area contributed by atoms with Crippen LogP contribution in [0.2, 0.25) is 0 Å². The summed E-state index contributed by atoms with van der Waals surface area (Å²) in [4.78, 5) is 19.0. The maximum Gasteiger partial charge on any atom is 0.321 e. The number of carbonyl (C=O) groups excluding carboxylic acids is 1. The van der Waals surface area contributed by atoms with E-state index < -0.39 is 0 Å². The lowest BCUT2D eigenvalue weighted by atomic mass is 9.97. The highest BCUT2D eigenvalue weighted by Crippen LogP contribution is 2.29. The summed E-state index contributed by atoms with van der Waals surface area (Å²) in [6.45, 7) is 3.81. The predicted octanol–water partition coefficient (Wildman–Crippen LogP) is 4.56. The van der Waals surface area contributed by atoms with Crippen LogP contribution in [0.4, 0.5) is 10.5 Å². The molecule has 31 heavy (non-hydrogen) atoms. The molecule has 1 aromatic heterocycles. The monoisotopic (exact) mass is 422 g/mol. The number of anilines is 1. The van der Waals surface area contributed by atoms with Crippen molar-refractivity contribution in [2.45, 2.75) is 25.7 Å². The summed E-state index contributed by atoms with van der Waals surface area (Å²) in [5, 5.41) is 7.06. The highest BCUT2D eigenvalue weighted by atomic mass is 16.5. The molecule has 4 rings (SSSR count). The first-order valence-electron chi connectivity index (χ1n) is 10.4. The van der Waals surface area contributed by atoms with Gasteiger partial charge in [-0.05, 0) is 56.2 Å². The lowest BCUT2D eigenvalue weighted by Crippen LogP contribution is -2.40. The van der Waals surface area contributed by atoms with Crippen LogP contribution in [0, 0.1) is 0 Å². The van der Waals surface area contributed by atoms with Crippen molar-refractivity contribution >= 4 is 11.7 Å². The molecule has 0 radical (unpaired) electrons. The molecule has 8 nitrogen and oxygen atoms in total. The normalized spacial score (nSPS) is 14.3. The minimum Gasteiger partial charge on any atom is -0.497 e. The Morgan fingerprint density at radius 1 is 1.16 bits per heavy atom. The quantitative estimate of drug-likeness (QED) is 0.627. The van der Waals surface area contributed by atoms with Crippen LogP contribution >= 0.6 is 0 Å². The number of urea groups is 1. The van der Waals surface area contributed by atoms with Gasteiger partial charge in [-0.25, -0.2) is 4.79 Å². The molecule has 2 heterocycles. The molecule has 1 aliphatic rings. The molecule has 0 bridgehead atoms. The lowest BCUT2D eigenvalue weighted by molar-refractivity contribution is 0.187. The molecule has 1 aliphatic heterocycles. The van der Waals surface area contributed by atoms with Crippen molar-refractivity contribution in [1.82, 2.24) is 15.0 Å². The first-order valence-corrected chi connectivity index (χ1v) is 10.4. The zero-order chi connectivity index (χ0) is 21.6. The van der Waals surface area contributed by atoms with E-state index in [-0.39, 0.29) is 11.9 Å². The number of aromatic nitrogens is 2. The fraction of sp³-hybridized carbons (Fsp3) is 0.348. The number of piperidine rings is 1. The number of hydrogen-bond donors (Lipinski definition) is 1. The van der Waals surface area contributed by atoms with E-state index in [0.29, 0.717) is 31.4 Å². The van der Waals surface area contributed by atoms with Gasteiger partial charge in [-0.15, -0.1) is 0 Å².